The van der Waals surface area contributed by atoms with E-state index in [4.69, 9.17) is 5.11 Å². The van der Waals surface area contributed by atoms with Crippen LogP contribution >= 0.6 is 12.6 Å². The van der Waals surface area contributed by atoms with E-state index in [9.17, 15) is 9.59 Å². The minimum absolute atomic E-state index is 0.553. The van der Waals surface area contributed by atoms with Gasteiger partial charge in [0.05, 0.1) is 0 Å². The molecule has 0 bridgehead atoms. The third kappa shape index (κ3) is 2.85. The molecule has 0 heterocycles. The van der Waals surface area contributed by atoms with Gasteiger partial charge in [0.1, 0.15) is 0 Å². The van der Waals surface area contributed by atoms with Crippen molar-refractivity contribution in [2.45, 2.75) is 25.7 Å². The fraction of sp³-hybridized carbons (Fsp3) is 0.333. The zero-order chi connectivity index (χ0) is 12.1. The Morgan fingerprint density at radius 3 is 2.50 bits per heavy atom. The van der Waals surface area contributed by atoms with Crippen molar-refractivity contribution < 1.29 is 14.7 Å². The van der Waals surface area contributed by atoms with E-state index in [2.05, 4.69) is 12.6 Å². The topological polar surface area (TPSA) is 54.4 Å². The largest absolute Gasteiger partial charge is 0.480 e. The minimum Gasteiger partial charge on any atom is -0.480 e. The van der Waals surface area contributed by atoms with E-state index in [1.807, 2.05) is 19.1 Å². The van der Waals surface area contributed by atoms with Crippen molar-refractivity contribution >= 4 is 23.7 Å². The number of hydrogen-bond acceptors (Lipinski definition) is 2. The van der Waals surface area contributed by atoms with Gasteiger partial charge in [-0.2, -0.15) is 0 Å². The van der Waals surface area contributed by atoms with E-state index in [1.54, 1.807) is 12.1 Å². The molecular formula is C12H14O3S. The lowest BCUT2D eigenvalue weighted by atomic mass is 9.93. The van der Waals surface area contributed by atoms with Gasteiger partial charge in [0.15, 0.2) is 5.92 Å². The van der Waals surface area contributed by atoms with Crippen molar-refractivity contribution in [2.24, 2.45) is 0 Å². The van der Waals surface area contributed by atoms with Gasteiger partial charge in [0, 0.05) is 0 Å². The van der Waals surface area contributed by atoms with Crippen LogP contribution in [0.3, 0.4) is 0 Å². The van der Waals surface area contributed by atoms with Crippen LogP contribution < -0.4 is 0 Å². The molecule has 1 aromatic rings. The van der Waals surface area contributed by atoms with Crippen LogP contribution in [0.25, 0.3) is 0 Å². The summed E-state index contributed by atoms with van der Waals surface area (Å²) in [5.74, 6) is -2.31. The predicted molar refractivity (Wildman–Crippen MR) is 64.8 cm³/mol. The SMILES string of the molecule is CCCc1ccccc1C(C(=O)O)C(=O)S. The molecule has 0 saturated heterocycles. The molecule has 0 aliphatic carbocycles. The molecule has 1 unspecified atom stereocenters. The number of carbonyl (C=O) groups excluding carboxylic acids is 1. The third-order valence-corrected chi connectivity index (χ3v) is 2.64. The molecule has 3 nitrogen and oxygen atoms in total. The number of aliphatic carboxylic acids is 1. The van der Waals surface area contributed by atoms with Gasteiger partial charge in [-0.05, 0) is 17.5 Å². The second kappa shape index (κ2) is 5.70. The molecule has 0 amide bonds. The molecule has 1 rings (SSSR count). The molecule has 0 spiro atoms. The molecule has 0 aromatic heterocycles. The zero-order valence-electron chi connectivity index (χ0n) is 9.01. The van der Waals surface area contributed by atoms with Gasteiger partial charge in [-0.3, -0.25) is 9.59 Å². The van der Waals surface area contributed by atoms with Crippen LogP contribution in [-0.2, 0) is 16.0 Å². The van der Waals surface area contributed by atoms with Crippen LogP contribution in [0.15, 0.2) is 24.3 Å². The summed E-state index contributed by atoms with van der Waals surface area (Å²) < 4.78 is 0. The lowest BCUT2D eigenvalue weighted by Gasteiger charge is -2.13. The van der Waals surface area contributed by atoms with Gasteiger partial charge < -0.3 is 5.11 Å². The number of carboxylic acids is 1. The van der Waals surface area contributed by atoms with Crippen molar-refractivity contribution in [3.63, 3.8) is 0 Å². The van der Waals surface area contributed by atoms with Crippen LogP contribution in [0.2, 0.25) is 0 Å². The maximum absolute atomic E-state index is 11.2. The molecule has 1 N–H and O–H groups in total. The number of aryl methyl sites for hydroxylation is 1. The quantitative estimate of drug-likeness (QED) is 0.611. The second-order valence-corrected chi connectivity index (χ2v) is 4.00. The number of carbonyl (C=O) groups is 2. The lowest BCUT2D eigenvalue weighted by Crippen LogP contribution is -2.19. The summed E-state index contributed by atoms with van der Waals surface area (Å²) in [7, 11) is 0. The summed E-state index contributed by atoms with van der Waals surface area (Å²) in [4.78, 5) is 22.3. The highest BCUT2D eigenvalue weighted by atomic mass is 32.1. The average molecular weight is 238 g/mol. The molecule has 0 aliphatic rings. The number of rotatable bonds is 5. The van der Waals surface area contributed by atoms with Crippen molar-refractivity contribution in [2.75, 3.05) is 0 Å². The number of hydrogen-bond donors (Lipinski definition) is 2. The predicted octanol–water partition coefficient (Wildman–Crippen LogP) is 2.26. The van der Waals surface area contributed by atoms with E-state index in [0.29, 0.717) is 5.56 Å². The molecule has 0 aliphatic heterocycles. The molecule has 0 radical (unpaired) electrons. The van der Waals surface area contributed by atoms with E-state index in [0.717, 1.165) is 18.4 Å². The third-order valence-electron chi connectivity index (χ3n) is 2.38. The average Bonchev–Trinajstić information content (AvgIpc) is 2.20. The first-order chi connectivity index (χ1) is 7.57. The standard InChI is InChI=1S/C12H14O3S/c1-2-5-8-6-3-4-7-9(8)10(11(13)14)12(15)16/h3-4,6-7,10H,2,5H2,1H3,(H,13,14)(H,15,16). The molecule has 0 saturated carbocycles. The van der Waals surface area contributed by atoms with Gasteiger partial charge in [0.2, 0.25) is 5.12 Å². The van der Waals surface area contributed by atoms with Crippen LogP contribution in [0.4, 0.5) is 0 Å². The molecule has 4 heteroatoms. The van der Waals surface area contributed by atoms with Crippen LogP contribution in [-0.4, -0.2) is 16.2 Å². The molecule has 86 valence electrons. The Hall–Kier alpha value is -1.29. The Balaban J connectivity index is 3.18. The van der Waals surface area contributed by atoms with E-state index in [-0.39, 0.29) is 0 Å². The second-order valence-electron chi connectivity index (χ2n) is 3.56. The summed E-state index contributed by atoms with van der Waals surface area (Å²) >= 11 is 3.64. The normalized spacial score (nSPS) is 12.1. The van der Waals surface area contributed by atoms with Gasteiger partial charge in [0.25, 0.3) is 0 Å². The van der Waals surface area contributed by atoms with Crippen molar-refractivity contribution in [1.82, 2.24) is 0 Å². The highest BCUT2D eigenvalue weighted by Crippen LogP contribution is 2.23. The van der Waals surface area contributed by atoms with E-state index < -0.39 is 17.0 Å². The fourth-order valence-corrected chi connectivity index (χ4v) is 1.93. The van der Waals surface area contributed by atoms with Gasteiger partial charge in [-0.25, -0.2) is 0 Å². The van der Waals surface area contributed by atoms with Crippen molar-refractivity contribution in [1.29, 1.82) is 0 Å². The molecule has 1 atom stereocenters. The first kappa shape index (κ1) is 12.8. The summed E-state index contributed by atoms with van der Waals surface area (Å²) in [6.45, 7) is 2.01. The number of benzene rings is 1. The van der Waals surface area contributed by atoms with Crippen LogP contribution in [0, 0.1) is 0 Å². The van der Waals surface area contributed by atoms with Gasteiger partial charge in [-0.15, -0.1) is 12.6 Å². The molecule has 0 fully saturated rings. The summed E-state index contributed by atoms with van der Waals surface area (Å²) in [5.41, 5.74) is 1.46. The molecular weight excluding hydrogens is 224 g/mol. The number of thiol groups is 1. The molecule has 1 aromatic carbocycles. The zero-order valence-corrected chi connectivity index (χ0v) is 9.91. The van der Waals surface area contributed by atoms with Crippen LogP contribution in [0.5, 0.6) is 0 Å². The first-order valence-electron chi connectivity index (χ1n) is 5.11. The lowest BCUT2D eigenvalue weighted by molar-refractivity contribution is -0.140. The highest BCUT2D eigenvalue weighted by molar-refractivity contribution is 7.96. The Morgan fingerprint density at radius 1 is 1.38 bits per heavy atom. The van der Waals surface area contributed by atoms with E-state index in [1.165, 1.54) is 0 Å². The Kier molecular flexibility index (Phi) is 4.55. The summed E-state index contributed by atoms with van der Waals surface area (Å²) in [6, 6.07) is 7.11. The Bertz CT molecular complexity index is 387. The number of carboxylic acid groups (broad SMARTS) is 1. The van der Waals surface area contributed by atoms with Gasteiger partial charge >= 0.3 is 5.97 Å². The maximum Gasteiger partial charge on any atom is 0.319 e. The van der Waals surface area contributed by atoms with Gasteiger partial charge in [-0.1, -0.05) is 37.6 Å². The minimum atomic E-state index is -1.16. The Morgan fingerprint density at radius 2 is 2.00 bits per heavy atom. The molecule has 16 heavy (non-hydrogen) atoms. The Labute approximate surface area is 99.9 Å². The monoisotopic (exact) mass is 238 g/mol. The maximum atomic E-state index is 11.2. The van der Waals surface area contributed by atoms with Crippen LogP contribution in [0.1, 0.15) is 30.4 Å². The summed E-state index contributed by atoms with van der Waals surface area (Å²) in [6.07, 6.45) is 1.67. The van der Waals surface area contributed by atoms with E-state index >= 15 is 0 Å². The first-order valence-corrected chi connectivity index (χ1v) is 5.56. The fourth-order valence-electron chi connectivity index (χ4n) is 1.68. The summed E-state index contributed by atoms with van der Waals surface area (Å²) in [5, 5.41) is 8.39. The van der Waals surface area contributed by atoms with Crippen molar-refractivity contribution in [3.05, 3.63) is 35.4 Å². The highest BCUT2D eigenvalue weighted by Gasteiger charge is 2.27. The smallest absolute Gasteiger partial charge is 0.319 e. The van der Waals surface area contributed by atoms with Crippen molar-refractivity contribution in [3.8, 4) is 0 Å².